The first-order chi connectivity index (χ1) is 10.5. The second kappa shape index (κ2) is 8.92. The van der Waals surface area contributed by atoms with Gasteiger partial charge in [0.25, 0.3) is 0 Å². The fraction of sp³-hybridized carbons (Fsp3) is 0.500. The molecule has 6 heteroatoms. The number of nitrogens with zero attached hydrogens (tertiary/aromatic N) is 1. The molecular formula is C16H24N2O4. The van der Waals surface area contributed by atoms with Gasteiger partial charge in [-0.3, -0.25) is 9.59 Å². The average molecular weight is 308 g/mol. The molecule has 0 fully saturated rings. The van der Waals surface area contributed by atoms with Gasteiger partial charge in [-0.2, -0.15) is 0 Å². The van der Waals surface area contributed by atoms with Crippen molar-refractivity contribution in [1.29, 1.82) is 0 Å². The Kier molecular flexibility index (Phi) is 7.22. The number of methoxy groups -OCH3 is 2. The summed E-state index contributed by atoms with van der Waals surface area (Å²) in [5.41, 5.74) is 0.624. The summed E-state index contributed by atoms with van der Waals surface area (Å²) in [7, 11) is 3.10. The van der Waals surface area contributed by atoms with Crippen LogP contribution in [0, 0.1) is 0 Å². The number of benzene rings is 1. The average Bonchev–Trinajstić information content (AvgIpc) is 2.52. The van der Waals surface area contributed by atoms with Crippen molar-refractivity contribution < 1.29 is 19.1 Å². The van der Waals surface area contributed by atoms with Gasteiger partial charge in [0.2, 0.25) is 11.8 Å². The fourth-order valence-electron chi connectivity index (χ4n) is 2.02. The molecule has 0 saturated carbocycles. The van der Waals surface area contributed by atoms with Gasteiger partial charge < -0.3 is 19.7 Å². The van der Waals surface area contributed by atoms with Crippen LogP contribution in [-0.4, -0.2) is 39.1 Å². The van der Waals surface area contributed by atoms with Gasteiger partial charge in [-0.05, 0) is 18.6 Å². The van der Waals surface area contributed by atoms with E-state index < -0.39 is 0 Å². The molecule has 1 aromatic rings. The zero-order valence-corrected chi connectivity index (χ0v) is 13.6. The number of nitrogens with one attached hydrogen (secondary N) is 1. The smallest absolute Gasteiger partial charge is 0.223 e. The molecule has 0 aliphatic heterocycles. The summed E-state index contributed by atoms with van der Waals surface area (Å²) in [5.74, 6) is 0.959. The van der Waals surface area contributed by atoms with E-state index in [1.165, 1.54) is 18.9 Å². The number of rotatable bonds is 8. The second-order valence-electron chi connectivity index (χ2n) is 4.81. The highest BCUT2D eigenvalue weighted by Crippen LogP contribution is 2.32. The molecule has 6 nitrogen and oxygen atoms in total. The second-order valence-corrected chi connectivity index (χ2v) is 4.81. The lowest BCUT2D eigenvalue weighted by molar-refractivity contribution is -0.121. The summed E-state index contributed by atoms with van der Waals surface area (Å²) in [4.78, 5) is 25.1. The third-order valence-electron chi connectivity index (χ3n) is 3.19. The van der Waals surface area contributed by atoms with E-state index >= 15 is 0 Å². The predicted molar refractivity (Wildman–Crippen MR) is 85.5 cm³/mol. The molecule has 2 amide bonds. The standard InChI is InChI=1S/C16H24N2O4/c1-5-9-17-16(20)8-10-18(12(2)19)14-7-6-13(21-3)11-15(14)22-4/h6-7,11H,5,8-10H2,1-4H3,(H,17,20). The number of hydrogen-bond acceptors (Lipinski definition) is 4. The van der Waals surface area contributed by atoms with Gasteiger partial charge in [0.1, 0.15) is 11.5 Å². The van der Waals surface area contributed by atoms with Crippen LogP contribution in [0.3, 0.4) is 0 Å². The lowest BCUT2D eigenvalue weighted by Gasteiger charge is -2.23. The molecular weight excluding hydrogens is 284 g/mol. The maximum absolute atomic E-state index is 11.9. The maximum atomic E-state index is 11.9. The van der Waals surface area contributed by atoms with E-state index in [0.29, 0.717) is 30.3 Å². The van der Waals surface area contributed by atoms with Crippen LogP contribution in [-0.2, 0) is 9.59 Å². The monoisotopic (exact) mass is 308 g/mol. The van der Waals surface area contributed by atoms with E-state index in [-0.39, 0.29) is 18.2 Å². The highest BCUT2D eigenvalue weighted by atomic mass is 16.5. The normalized spacial score (nSPS) is 10.0. The van der Waals surface area contributed by atoms with Gasteiger partial charge in [0, 0.05) is 32.5 Å². The van der Waals surface area contributed by atoms with E-state index in [1.807, 2.05) is 6.92 Å². The number of hydrogen-bond donors (Lipinski definition) is 1. The zero-order chi connectivity index (χ0) is 16.5. The van der Waals surface area contributed by atoms with Crippen molar-refractivity contribution in [3.05, 3.63) is 18.2 Å². The molecule has 22 heavy (non-hydrogen) atoms. The molecule has 0 radical (unpaired) electrons. The van der Waals surface area contributed by atoms with Crippen LogP contribution in [0.15, 0.2) is 18.2 Å². The molecule has 0 bridgehead atoms. The first kappa shape index (κ1) is 17.8. The van der Waals surface area contributed by atoms with E-state index in [1.54, 1.807) is 25.3 Å². The van der Waals surface area contributed by atoms with E-state index in [9.17, 15) is 9.59 Å². The third-order valence-corrected chi connectivity index (χ3v) is 3.19. The number of anilines is 1. The topological polar surface area (TPSA) is 67.9 Å². The number of carbonyl (C=O) groups is 2. The van der Waals surface area contributed by atoms with Crippen LogP contribution in [0.4, 0.5) is 5.69 Å². The van der Waals surface area contributed by atoms with E-state index in [0.717, 1.165) is 6.42 Å². The Morgan fingerprint density at radius 1 is 1.23 bits per heavy atom. The number of amides is 2. The van der Waals surface area contributed by atoms with Crippen LogP contribution < -0.4 is 19.7 Å². The lowest BCUT2D eigenvalue weighted by atomic mass is 10.2. The largest absolute Gasteiger partial charge is 0.497 e. The van der Waals surface area contributed by atoms with Crippen LogP contribution in [0.5, 0.6) is 11.5 Å². The minimum absolute atomic E-state index is 0.0689. The SMILES string of the molecule is CCCNC(=O)CCN(C(C)=O)c1ccc(OC)cc1OC. The number of carbonyl (C=O) groups excluding carboxylic acids is 2. The van der Waals surface area contributed by atoms with Crippen molar-refractivity contribution >= 4 is 17.5 Å². The van der Waals surface area contributed by atoms with E-state index in [4.69, 9.17) is 9.47 Å². The minimum atomic E-state index is -0.147. The maximum Gasteiger partial charge on any atom is 0.223 e. The van der Waals surface area contributed by atoms with Gasteiger partial charge >= 0.3 is 0 Å². The van der Waals surface area contributed by atoms with Gasteiger partial charge in [-0.25, -0.2) is 0 Å². The Hall–Kier alpha value is -2.24. The van der Waals surface area contributed by atoms with Crippen molar-refractivity contribution in [2.45, 2.75) is 26.7 Å². The van der Waals surface area contributed by atoms with Gasteiger partial charge in [0.05, 0.1) is 19.9 Å². The van der Waals surface area contributed by atoms with Crippen molar-refractivity contribution in [2.75, 3.05) is 32.2 Å². The molecule has 122 valence electrons. The molecule has 1 aromatic carbocycles. The Balaban J connectivity index is 2.87. The fourth-order valence-corrected chi connectivity index (χ4v) is 2.02. The molecule has 1 rings (SSSR count). The van der Waals surface area contributed by atoms with Crippen molar-refractivity contribution in [3.63, 3.8) is 0 Å². The van der Waals surface area contributed by atoms with Crippen LogP contribution in [0.2, 0.25) is 0 Å². The minimum Gasteiger partial charge on any atom is -0.497 e. The molecule has 1 N–H and O–H groups in total. The first-order valence-corrected chi connectivity index (χ1v) is 7.30. The summed E-state index contributed by atoms with van der Waals surface area (Å²) < 4.78 is 10.5. The van der Waals surface area contributed by atoms with Crippen LogP contribution in [0.25, 0.3) is 0 Å². The van der Waals surface area contributed by atoms with Crippen molar-refractivity contribution in [3.8, 4) is 11.5 Å². The van der Waals surface area contributed by atoms with Gasteiger partial charge in [0.15, 0.2) is 0 Å². The summed E-state index contributed by atoms with van der Waals surface area (Å²) in [6.07, 6.45) is 1.13. The highest BCUT2D eigenvalue weighted by molar-refractivity contribution is 5.94. The summed E-state index contributed by atoms with van der Waals surface area (Å²) in [6.45, 7) is 4.40. The van der Waals surface area contributed by atoms with Crippen LogP contribution >= 0.6 is 0 Å². The molecule has 0 atom stereocenters. The molecule has 0 aliphatic carbocycles. The van der Waals surface area contributed by atoms with Gasteiger partial charge in [-0.15, -0.1) is 0 Å². The van der Waals surface area contributed by atoms with Crippen LogP contribution in [0.1, 0.15) is 26.7 Å². The molecule has 0 unspecified atom stereocenters. The third kappa shape index (κ3) is 4.95. The zero-order valence-electron chi connectivity index (χ0n) is 13.6. The lowest BCUT2D eigenvalue weighted by Crippen LogP contribution is -2.34. The van der Waals surface area contributed by atoms with Gasteiger partial charge in [-0.1, -0.05) is 6.92 Å². The van der Waals surface area contributed by atoms with E-state index in [2.05, 4.69) is 5.32 Å². The Morgan fingerprint density at radius 2 is 1.95 bits per heavy atom. The first-order valence-electron chi connectivity index (χ1n) is 7.30. The Bertz CT molecular complexity index is 517. The summed E-state index contributed by atoms with van der Waals surface area (Å²) in [6, 6.07) is 5.22. The summed E-state index contributed by atoms with van der Waals surface area (Å²) in [5, 5.41) is 2.80. The summed E-state index contributed by atoms with van der Waals surface area (Å²) >= 11 is 0. The quantitative estimate of drug-likeness (QED) is 0.797. The molecule has 0 heterocycles. The molecule has 0 spiro atoms. The Morgan fingerprint density at radius 3 is 2.50 bits per heavy atom. The molecule has 0 aliphatic rings. The Labute approximate surface area is 131 Å². The van der Waals surface area contributed by atoms with Crippen molar-refractivity contribution in [1.82, 2.24) is 5.32 Å². The van der Waals surface area contributed by atoms with Crippen molar-refractivity contribution in [2.24, 2.45) is 0 Å². The molecule has 0 saturated heterocycles. The molecule has 0 aromatic heterocycles. The highest BCUT2D eigenvalue weighted by Gasteiger charge is 2.18. The predicted octanol–water partition coefficient (Wildman–Crippen LogP) is 1.97. The number of ether oxygens (including phenoxy) is 2.